The molecular formula is C12H22N2S. The SMILES string of the molecule is CCCNCc1ccn(CCCSC)c1. The second kappa shape index (κ2) is 7.83. The van der Waals surface area contributed by atoms with E-state index in [4.69, 9.17) is 0 Å². The minimum Gasteiger partial charge on any atom is -0.354 e. The van der Waals surface area contributed by atoms with E-state index in [-0.39, 0.29) is 0 Å². The van der Waals surface area contributed by atoms with Crippen LogP contribution in [-0.4, -0.2) is 23.1 Å². The summed E-state index contributed by atoms with van der Waals surface area (Å²) in [6.45, 7) is 5.45. The Labute approximate surface area is 97.4 Å². The van der Waals surface area contributed by atoms with Crippen LogP contribution in [0.15, 0.2) is 18.5 Å². The maximum Gasteiger partial charge on any atom is 0.0227 e. The first-order valence-corrected chi connectivity index (χ1v) is 7.10. The summed E-state index contributed by atoms with van der Waals surface area (Å²) >= 11 is 1.92. The summed E-state index contributed by atoms with van der Waals surface area (Å²) in [5.41, 5.74) is 1.40. The molecule has 0 amide bonds. The number of aromatic nitrogens is 1. The van der Waals surface area contributed by atoms with Crippen LogP contribution in [-0.2, 0) is 13.1 Å². The van der Waals surface area contributed by atoms with Gasteiger partial charge in [-0.25, -0.2) is 0 Å². The van der Waals surface area contributed by atoms with Crippen molar-refractivity contribution in [2.75, 3.05) is 18.6 Å². The van der Waals surface area contributed by atoms with Crippen LogP contribution in [0.1, 0.15) is 25.3 Å². The van der Waals surface area contributed by atoms with E-state index < -0.39 is 0 Å². The normalized spacial score (nSPS) is 10.8. The summed E-state index contributed by atoms with van der Waals surface area (Å²) in [6, 6.07) is 2.21. The Hall–Kier alpha value is -0.410. The van der Waals surface area contributed by atoms with Crippen molar-refractivity contribution < 1.29 is 0 Å². The van der Waals surface area contributed by atoms with Crippen LogP contribution in [0.5, 0.6) is 0 Å². The molecule has 1 aromatic heterocycles. The van der Waals surface area contributed by atoms with E-state index in [1.807, 2.05) is 11.8 Å². The maximum atomic E-state index is 3.41. The fraction of sp³-hybridized carbons (Fsp3) is 0.667. The Morgan fingerprint density at radius 1 is 1.47 bits per heavy atom. The minimum absolute atomic E-state index is 1.00. The molecule has 0 atom stereocenters. The van der Waals surface area contributed by atoms with Crippen LogP contribution in [0.2, 0.25) is 0 Å². The molecule has 1 aromatic rings. The highest BCUT2D eigenvalue weighted by atomic mass is 32.2. The van der Waals surface area contributed by atoms with Crippen molar-refractivity contribution in [3.8, 4) is 0 Å². The van der Waals surface area contributed by atoms with Crippen molar-refractivity contribution in [3.63, 3.8) is 0 Å². The van der Waals surface area contributed by atoms with Gasteiger partial charge in [0.05, 0.1) is 0 Å². The van der Waals surface area contributed by atoms with Gasteiger partial charge in [0.15, 0.2) is 0 Å². The van der Waals surface area contributed by atoms with Gasteiger partial charge in [0.2, 0.25) is 0 Å². The van der Waals surface area contributed by atoms with E-state index in [0.29, 0.717) is 0 Å². The molecule has 0 aliphatic rings. The zero-order chi connectivity index (χ0) is 10.9. The highest BCUT2D eigenvalue weighted by Gasteiger charge is 1.96. The molecule has 1 N–H and O–H groups in total. The average molecular weight is 226 g/mol. The minimum atomic E-state index is 1.00. The van der Waals surface area contributed by atoms with E-state index >= 15 is 0 Å². The Balaban J connectivity index is 2.23. The smallest absolute Gasteiger partial charge is 0.0227 e. The van der Waals surface area contributed by atoms with Crippen LogP contribution in [0.25, 0.3) is 0 Å². The van der Waals surface area contributed by atoms with Gasteiger partial charge in [-0.2, -0.15) is 11.8 Å². The third kappa shape index (κ3) is 5.28. The second-order valence-electron chi connectivity index (χ2n) is 3.78. The third-order valence-corrected chi connectivity index (χ3v) is 3.03. The highest BCUT2D eigenvalue weighted by Crippen LogP contribution is 2.04. The molecule has 0 unspecified atom stereocenters. The van der Waals surface area contributed by atoms with Crippen LogP contribution in [0.3, 0.4) is 0 Å². The van der Waals surface area contributed by atoms with Crippen molar-refractivity contribution >= 4 is 11.8 Å². The first-order chi connectivity index (χ1) is 7.36. The maximum absolute atomic E-state index is 3.41. The van der Waals surface area contributed by atoms with E-state index in [1.165, 1.54) is 24.2 Å². The summed E-state index contributed by atoms with van der Waals surface area (Å²) < 4.78 is 2.29. The van der Waals surface area contributed by atoms with E-state index in [2.05, 4.69) is 41.5 Å². The van der Waals surface area contributed by atoms with Gasteiger partial charge in [-0.05, 0) is 43.0 Å². The number of hydrogen-bond acceptors (Lipinski definition) is 2. The fourth-order valence-corrected chi connectivity index (χ4v) is 1.95. The molecule has 0 fully saturated rings. The fourth-order valence-electron chi connectivity index (χ4n) is 1.54. The lowest BCUT2D eigenvalue weighted by molar-refractivity contribution is 0.663. The second-order valence-corrected chi connectivity index (χ2v) is 4.77. The molecule has 0 spiro atoms. The lowest BCUT2D eigenvalue weighted by Crippen LogP contribution is -2.13. The van der Waals surface area contributed by atoms with Gasteiger partial charge in [-0.3, -0.25) is 0 Å². The third-order valence-electron chi connectivity index (χ3n) is 2.33. The Morgan fingerprint density at radius 2 is 2.33 bits per heavy atom. The molecule has 86 valence electrons. The molecule has 3 heteroatoms. The summed E-state index contributed by atoms with van der Waals surface area (Å²) in [4.78, 5) is 0. The zero-order valence-corrected chi connectivity index (χ0v) is 10.6. The molecule has 0 aliphatic carbocycles. The molecule has 1 rings (SSSR count). The van der Waals surface area contributed by atoms with Crippen LogP contribution < -0.4 is 5.32 Å². The van der Waals surface area contributed by atoms with Gasteiger partial charge in [0.25, 0.3) is 0 Å². The van der Waals surface area contributed by atoms with Crippen molar-refractivity contribution in [2.24, 2.45) is 0 Å². The molecule has 2 nitrogen and oxygen atoms in total. The predicted molar refractivity (Wildman–Crippen MR) is 69.4 cm³/mol. The quantitative estimate of drug-likeness (QED) is 0.686. The highest BCUT2D eigenvalue weighted by molar-refractivity contribution is 7.98. The van der Waals surface area contributed by atoms with Crippen LogP contribution >= 0.6 is 11.8 Å². The summed E-state index contributed by atoms with van der Waals surface area (Å²) in [5.74, 6) is 1.25. The Kier molecular flexibility index (Phi) is 6.60. The number of thioether (sulfide) groups is 1. The number of aryl methyl sites for hydroxylation is 1. The Morgan fingerprint density at radius 3 is 3.07 bits per heavy atom. The van der Waals surface area contributed by atoms with E-state index in [0.717, 1.165) is 19.6 Å². The molecule has 0 bridgehead atoms. The first kappa shape index (κ1) is 12.7. The van der Waals surface area contributed by atoms with Gasteiger partial charge >= 0.3 is 0 Å². The molecule has 0 radical (unpaired) electrons. The predicted octanol–water partition coefficient (Wildman–Crippen LogP) is 2.74. The summed E-state index contributed by atoms with van der Waals surface area (Å²) in [5, 5.41) is 3.41. The van der Waals surface area contributed by atoms with Crippen molar-refractivity contribution in [1.29, 1.82) is 0 Å². The molecule has 1 heterocycles. The Bertz CT molecular complexity index is 233. The zero-order valence-electron chi connectivity index (χ0n) is 9.83. The van der Waals surface area contributed by atoms with Gasteiger partial charge in [-0.15, -0.1) is 0 Å². The van der Waals surface area contributed by atoms with Crippen molar-refractivity contribution in [2.45, 2.75) is 32.9 Å². The largest absolute Gasteiger partial charge is 0.354 e. The number of nitrogens with zero attached hydrogens (tertiary/aromatic N) is 1. The molecular weight excluding hydrogens is 204 g/mol. The van der Waals surface area contributed by atoms with Gasteiger partial charge < -0.3 is 9.88 Å². The van der Waals surface area contributed by atoms with Gasteiger partial charge in [-0.1, -0.05) is 6.92 Å². The number of rotatable bonds is 8. The topological polar surface area (TPSA) is 17.0 Å². The first-order valence-electron chi connectivity index (χ1n) is 5.71. The summed E-state index contributed by atoms with van der Waals surface area (Å²) in [7, 11) is 0. The van der Waals surface area contributed by atoms with Crippen LogP contribution in [0.4, 0.5) is 0 Å². The van der Waals surface area contributed by atoms with Crippen LogP contribution in [0, 0.1) is 0 Å². The monoisotopic (exact) mass is 226 g/mol. The molecule has 0 saturated carbocycles. The average Bonchev–Trinajstić information content (AvgIpc) is 2.67. The molecule has 0 aliphatic heterocycles. The van der Waals surface area contributed by atoms with Gasteiger partial charge in [0.1, 0.15) is 0 Å². The number of hydrogen-bond donors (Lipinski definition) is 1. The number of nitrogens with one attached hydrogen (secondary N) is 1. The molecule has 0 aromatic carbocycles. The lowest BCUT2D eigenvalue weighted by atomic mass is 10.3. The van der Waals surface area contributed by atoms with E-state index in [1.54, 1.807) is 0 Å². The standard InChI is InChI=1S/C12H22N2S/c1-3-6-13-10-12-5-8-14(11-12)7-4-9-15-2/h5,8,11,13H,3-4,6-7,9-10H2,1-2H3. The van der Waals surface area contributed by atoms with Gasteiger partial charge in [0, 0.05) is 25.5 Å². The molecule has 15 heavy (non-hydrogen) atoms. The van der Waals surface area contributed by atoms with Crippen molar-refractivity contribution in [1.82, 2.24) is 9.88 Å². The van der Waals surface area contributed by atoms with Crippen molar-refractivity contribution in [3.05, 3.63) is 24.0 Å². The lowest BCUT2D eigenvalue weighted by Gasteiger charge is -2.02. The van der Waals surface area contributed by atoms with E-state index in [9.17, 15) is 0 Å². The molecule has 0 saturated heterocycles. The summed E-state index contributed by atoms with van der Waals surface area (Å²) in [6.07, 6.45) is 9.06.